The van der Waals surface area contributed by atoms with Crippen LogP contribution in [0.15, 0.2) is 61.3 Å². The predicted molar refractivity (Wildman–Crippen MR) is 132 cm³/mol. The standard InChI is InChI=1S/C26H24F3N5O2/c1-15-12-18(6-9-20(15)24(30)35)23-14-32-25-22(31-11-10-26(27,28)29)13-21(33-34(23)25)16(2)17-4-7-19(36-3)8-5-17/h4-9,12-14,31H,2,10-11H2,1,3H3,(H2,30,35). The van der Waals surface area contributed by atoms with Gasteiger partial charge in [-0.15, -0.1) is 0 Å². The van der Waals surface area contributed by atoms with Crippen LogP contribution in [0.2, 0.25) is 0 Å². The lowest BCUT2D eigenvalue weighted by atomic mass is 10.0. The molecule has 0 aliphatic carbocycles. The number of imidazole rings is 1. The second-order valence-electron chi connectivity index (χ2n) is 8.22. The maximum absolute atomic E-state index is 12.8. The van der Waals surface area contributed by atoms with Crippen molar-refractivity contribution in [3.05, 3.63) is 83.7 Å². The van der Waals surface area contributed by atoms with Gasteiger partial charge in [0.25, 0.3) is 0 Å². The van der Waals surface area contributed by atoms with Gasteiger partial charge in [-0.05, 0) is 48.4 Å². The van der Waals surface area contributed by atoms with Crippen LogP contribution in [0.25, 0.3) is 22.5 Å². The van der Waals surface area contributed by atoms with Crippen molar-refractivity contribution in [1.82, 2.24) is 14.6 Å². The summed E-state index contributed by atoms with van der Waals surface area (Å²) in [6, 6.07) is 14.0. The summed E-state index contributed by atoms with van der Waals surface area (Å²) in [6.07, 6.45) is -3.72. The van der Waals surface area contributed by atoms with Gasteiger partial charge in [-0.1, -0.05) is 24.8 Å². The van der Waals surface area contributed by atoms with Gasteiger partial charge in [0.15, 0.2) is 5.65 Å². The number of carbonyl (C=O) groups is 1. The van der Waals surface area contributed by atoms with Gasteiger partial charge in [0, 0.05) is 23.2 Å². The van der Waals surface area contributed by atoms with Gasteiger partial charge in [0.2, 0.25) is 5.91 Å². The largest absolute Gasteiger partial charge is 0.497 e. The van der Waals surface area contributed by atoms with Crippen LogP contribution < -0.4 is 15.8 Å². The van der Waals surface area contributed by atoms with Crippen LogP contribution in [0.1, 0.15) is 33.6 Å². The number of anilines is 1. The molecule has 0 bridgehead atoms. The lowest BCUT2D eigenvalue weighted by molar-refractivity contribution is -0.131. The summed E-state index contributed by atoms with van der Waals surface area (Å²) in [4.78, 5) is 16.0. The Bertz CT molecular complexity index is 1440. The number of nitrogens with two attached hydrogens (primary N) is 1. The van der Waals surface area contributed by atoms with Crippen LogP contribution in [0.5, 0.6) is 5.75 Å². The predicted octanol–water partition coefficient (Wildman–Crippen LogP) is 5.24. The van der Waals surface area contributed by atoms with E-state index in [4.69, 9.17) is 15.6 Å². The average Bonchev–Trinajstić information content (AvgIpc) is 3.27. The number of fused-ring (bicyclic) bond motifs is 1. The van der Waals surface area contributed by atoms with E-state index < -0.39 is 18.5 Å². The highest BCUT2D eigenvalue weighted by Crippen LogP contribution is 2.30. The number of aromatic nitrogens is 3. The highest BCUT2D eigenvalue weighted by atomic mass is 19.4. The minimum absolute atomic E-state index is 0.327. The van der Waals surface area contributed by atoms with Crippen molar-refractivity contribution >= 4 is 22.8 Å². The Hall–Kier alpha value is -4.34. The average molecular weight is 496 g/mol. The Labute approximate surface area is 205 Å². The zero-order chi connectivity index (χ0) is 26.0. The lowest BCUT2D eigenvalue weighted by Gasteiger charge is -2.14. The minimum Gasteiger partial charge on any atom is -0.497 e. The van der Waals surface area contributed by atoms with E-state index in [0.29, 0.717) is 50.7 Å². The Morgan fingerprint density at radius 2 is 1.89 bits per heavy atom. The normalized spacial score (nSPS) is 11.5. The number of nitrogens with zero attached hydrogens (tertiary/aromatic N) is 3. The first kappa shape index (κ1) is 24.8. The fourth-order valence-electron chi connectivity index (χ4n) is 3.82. The molecule has 0 aliphatic heterocycles. The first-order valence-corrected chi connectivity index (χ1v) is 11.0. The molecular weight excluding hydrogens is 471 g/mol. The molecule has 0 atom stereocenters. The van der Waals surface area contributed by atoms with Crippen LogP contribution >= 0.6 is 0 Å². The summed E-state index contributed by atoms with van der Waals surface area (Å²) >= 11 is 0. The van der Waals surface area contributed by atoms with Crippen LogP contribution in [0, 0.1) is 6.92 Å². The molecule has 36 heavy (non-hydrogen) atoms. The topological polar surface area (TPSA) is 94.5 Å². The van der Waals surface area contributed by atoms with E-state index in [1.165, 1.54) is 0 Å². The minimum atomic E-state index is -4.30. The molecule has 0 aliphatic rings. The number of benzene rings is 2. The molecule has 0 unspecified atom stereocenters. The first-order chi connectivity index (χ1) is 17.1. The number of amides is 1. The van der Waals surface area contributed by atoms with E-state index in [2.05, 4.69) is 16.9 Å². The van der Waals surface area contributed by atoms with Gasteiger partial charge in [0.05, 0.1) is 36.8 Å². The Kier molecular flexibility index (Phi) is 6.69. The molecule has 186 valence electrons. The van der Waals surface area contributed by atoms with Gasteiger partial charge in [-0.25, -0.2) is 9.50 Å². The summed E-state index contributed by atoms with van der Waals surface area (Å²) in [7, 11) is 1.57. The van der Waals surface area contributed by atoms with Gasteiger partial charge in [-0.3, -0.25) is 4.79 Å². The molecule has 0 saturated carbocycles. The van der Waals surface area contributed by atoms with Crippen LogP contribution in [-0.4, -0.2) is 40.3 Å². The SMILES string of the molecule is C=C(c1ccc(OC)cc1)c1cc(NCCC(F)(F)F)c2ncc(-c3ccc(C(N)=O)c(C)c3)n2n1. The second kappa shape index (κ2) is 9.73. The van der Waals surface area contributed by atoms with Gasteiger partial charge in [-0.2, -0.15) is 18.3 Å². The summed E-state index contributed by atoms with van der Waals surface area (Å²) in [5.74, 6) is 0.140. The van der Waals surface area contributed by atoms with Crippen molar-refractivity contribution in [3.8, 4) is 17.0 Å². The number of halogens is 3. The van der Waals surface area contributed by atoms with E-state index >= 15 is 0 Å². The zero-order valence-electron chi connectivity index (χ0n) is 19.7. The Morgan fingerprint density at radius 1 is 1.17 bits per heavy atom. The third-order valence-electron chi connectivity index (χ3n) is 5.73. The molecule has 0 spiro atoms. The molecule has 2 aromatic carbocycles. The molecule has 4 rings (SSSR count). The number of alkyl halides is 3. The fourth-order valence-corrected chi connectivity index (χ4v) is 3.82. The van der Waals surface area contributed by atoms with E-state index in [1.54, 1.807) is 61.1 Å². The van der Waals surface area contributed by atoms with Gasteiger partial charge < -0.3 is 15.8 Å². The Morgan fingerprint density at radius 3 is 2.50 bits per heavy atom. The molecule has 2 aromatic heterocycles. The van der Waals surface area contributed by atoms with Crippen LogP contribution in [-0.2, 0) is 0 Å². The highest BCUT2D eigenvalue weighted by molar-refractivity contribution is 5.95. The monoisotopic (exact) mass is 495 g/mol. The first-order valence-electron chi connectivity index (χ1n) is 11.0. The van der Waals surface area contributed by atoms with Crippen molar-refractivity contribution in [2.75, 3.05) is 19.0 Å². The molecule has 0 radical (unpaired) electrons. The molecule has 7 nitrogen and oxygen atoms in total. The van der Waals surface area contributed by atoms with Crippen LogP contribution in [0.4, 0.5) is 18.9 Å². The second-order valence-corrected chi connectivity index (χ2v) is 8.22. The molecule has 2 heterocycles. The van der Waals surface area contributed by atoms with Gasteiger partial charge >= 0.3 is 6.18 Å². The fraction of sp³-hybridized carbons (Fsp3) is 0.192. The highest BCUT2D eigenvalue weighted by Gasteiger charge is 2.26. The Balaban J connectivity index is 1.81. The quantitative estimate of drug-likeness (QED) is 0.349. The summed E-state index contributed by atoms with van der Waals surface area (Å²) in [5.41, 5.74) is 10.3. The maximum Gasteiger partial charge on any atom is 0.390 e. The smallest absolute Gasteiger partial charge is 0.390 e. The number of methoxy groups -OCH3 is 1. The molecule has 1 amide bonds. The van der Waals surface area contributed by atoms with Crippen LogP contribution in [0.3, 0.4) is 0 Å². The third kappa shape index (κ3) is 5.17. The maximum atomic E-state index is 12.8. The molecule has 3 N–H and O–H groups in total. The van der Waals surface area contributed by atoms with E-state index in [-0.39, 0.29) is 6.54 Å². The van der Waals surface area contributed by atoms with Crippen molar-refractivity contribution in [1.29, 1.82) is 0 Å². The van der Waals surface area contributed by atoms with Gasteiger partial charge in [0.1, 0.15) is 5.75 Å². The summed E-state index contributed by atoms with van der Waals surface area (Å²) in [5, 5.41) is 7.55. The molecule has 4 aromatic rings. The van der Waals surface area contributed by atoms with Crippen molar-refractivity contribution in [2.45, 2.75) is 19.5 Å². The van der Waals surface area contributed by atoms with Crippen molar-refractivity contribution < 1.29 is 22.7 Å². The third-order valence-corrected chi connectivity index (χ3v) is 5.73. The summed E-state index contributed by atoms with van der Waals surface area (Å²) in [6.45, 7) is 5.59. The number of carbonyl (C=O) groups excluding carboxylic acids is 1. The van der Waals surface area contributed by atoms with Crippen molar-refractivity contribution in [3.63, 3.8) is 0 Å². The van der Waals surface area contributed by atoms with E-state index in [1.807, 2.05) is 12.1 Å². The number of ether oxygens (including phenoxy) is 1. The summed E-state index contributed by atoms with van der Waals surface area (Å²) < 4.78 is 45.1. The zero-order valence-corrected chi connectivity index (χ0v) is 19.7. The van der Waals surface area contributed by atoms with E-state index in [0.717, 1.165) is 5.56 Å². The number of hydrogen-bond acceptors (Lipinski definition) is 5. The number of aryl methyl sites for hydroxylation is 1. The number of nitrogens with one attached hydrogen (secondary N) is 1. The van der Waals surface area contributed by atoms with E-state index in [9.17, 15) is 18.0 Å². The molecular formula is C26H24F3N5O2. The number of hydrogen-bond donors (Lipinski definition) is 2. The molecule has 0 fully saturated rings. The van der Waals surface area contributed by atoms with Crippen molar-refractivity contribution in [2.24, 2.45) is 5.73 Å². The number of primary amides is 1. The molecule has 0 saturated heterocycles. The molecule has 10 heteroatoms. The number of rotatable bonds is 8. The lowest BCUT2D eigenvalue weighted by Crippen LogP contribution is -2.15.